The Morgan fingerprint density at radius 3 is 3.11 bits per heavy atom. The molecule has 0 aliphatic carbocycles. The Morgan fingerprint density at radius 2 is 2.37 bits per heavy atom. The summed E-state index contributed by atoms with van der Waals surface area (Å²) < 4.78 is 7.05. The van der Waals surface area contributed by atoms with Crippen LogP contribution in [0.3, 0.4) is 0 Å². The summed E-state index contributed by atoms with van der Waals surface area (Å²) in [5.41, 5.74) is 0.669. The predicted molar refractivity (Wildman–Crippen MR) is 74.0 cm³/mol. The predicted octanol–water partition coefficient (Wildman–Crippen LogP) is 2.11. The lowest BCUT2D eigenvalue weighted by atomic mass is 10.2. The fraction of sp³-hybridized carbons (Fsp3) is 0.286. The molecule has 19 heavy (non-hydrogen) atoms. The molecule has 2 aromatic rings. The summed E-state index contributed by atoms with van der Waals surface area (Å²) in [6.07, 6.45) is 8.08. The fourth-order valence-electron chi connectivity index (χ4n) is 1.73. The van der Waals surface area contributed by atoms with Gasteiger partial charge in [0.05, 0.1) is 13.4 Å². The van der Waals surface area contributed by atoms with E-state index in [2.05, 4.69) is 9.98 Å². The number of aromatic nitrogens is 2. The first-order valence-corrected chi connectivity index (χ1v) is 6.13. The highest BCUT2D eigenvalue weighted by molar-refractivity contribution is 5.84. The second-order valence-electron chi connectivity index (χ2n) is 4.09. The van der Waals surface area contributed by atoms with Crippen molar-refractivity contribution in [1.29, 1.82) is 0 Å². The number of hydrogen-bond donors (Lipinski definition) is 1. The second kappa shape index (κ2) is 6.58. The molecule has 0 amide bonds. The summed E-state index contributed by atoms with van der Waals surface area (Å²) >= 11 is 0. The minimum absolute atomic E-state index is 0.128. The van der Waals surface area contributed by atoms with Gasteiger partial charge in [0.1, 0.15) is 0 Å². The molecule has 100 valence electrons. The topological polar surface area (TPSA) is 59.6 Å². The Morgan fingerprint density at radius 1 is 1.47 bits per heavy atom. The molecule has 1 aromatic heterocycles. The summed E-state index contributed by atoms with van der Waals surface area (Å²) in [7, 11) is 1.53. The van der Waals surface area contributed by atoms with Crippen LogP contribution >= 0.6 is 0 Å². The standard InChI is InChI=1S/C14H17N3O2/c1-19-13-5-2-4-12(14(13)18)10-15-6-3-8-17-9-7-16-11-17/h2,4-5,7,9-11,18H,3,6,8H2,1H3. The normalized spacial score (nSPS) is 11.0. The molecule has 0 atom stereocenters. The molecular formula is C14H17N3O2. The third-order valence-electron chi connectivity index (χ3n) is 2.74. The van der Waals surface area contributed by atoms with E-state index >= 15 is 0 Å². The van der Waals surface area contributed by atoms with Crippen molar-refractivity contribution in [1.82, 2.24) is 9.55 Å². The SMILES string of the molecule is COc1cccc(C=NCCCn2ccnc2)c1O. The van der Waals surface area contributed by atoms with Crippen molar-refractivity contribution in [2.75, 3.05) is 13.7 Å². The van der Waals surface area contributed by atoms with Crippen LogP contribution < -0.4 is 4.74 Å². The van der Waals surface area contributed by atoms with Crippen molar-refractivity contribution in [3.8, 4) is 11.5 Å². The maximum Gasteiger partial charge on any atom is 0.166 e. The number of aryl methyl sites for hydroxylation is 1. The van der Waals surface area contributed by atoms with Gasteiger partial charge < -0.3 is 14.4 Å². The molecule has 0 saturated heterocycles. The Hall–Kier alpha value is -2.30. The van der Waals surface area contributed by atoms with Crippen LogP contribution in [0.4, 0.5) is 0 Å². The maximum absolute atomic E-state index is 9.87. The van der Waals surface area contributed by atoms with Crippen molar-refractivity contribution in [2.45, 2.75) is 13.0 Å². The average molecular weight is 259 g/mol. The van der Waals surface area contributed by atoms with Gasteiger partial charge in [0.2, 0.25) is 0 Å². The molecule has 5 heteroatoms. The van der Waals surface area contributed by atoms with Gasteiger partial charge in [0.25, 0.3) is 0 Å². The maximum atomic E-state index is 9.87. The van der Waals surface area contributed by atoms with Crippen LogP contribution in [0.15, 0.2) is 41.9 Å². The molecule has 0 saturated carbocycles. The van der Waals surface area contributed by atoms with E-state index in [9.17, 15) is 5.11 Å². The number of imidazole rings is 1. The van der Waals surface area contributed by atoms with E-state index in [4.69, 9.17) is 4.74 Å². The zero-order valence-corrected chi connectivity index (χ0v) is 10.9. The smallest absolute Gasteiger partial charge is 0.166 e. The van der Waals surface area contributed by atoms with Crippen LogP contribution in [-0.2, 0) is 6.54 Å². The van der Waals surface area contributed by atoms with Crippen LogP contribution in [-0.4, -0.2) is 34.5 Å². The van der Waals surface area contributed by atoms with Crippen molar-refractivity contribution in [2.24, 2.45) is 4.99 Å². The number of aliphatic imine (C=N–C) groups is 1. The highest BCUT2D eigenvalue weighted by Gasteiger charge is 2.04. The van der Waals surface area contributed by atoms with Gasteiger partial charge in [-0.1, -0.05) is 6.07 Å². The number of methoxy groups -OCH3 is 1. The number of hydrogen-bond acceptors (Lipinski definition) is 4. The van der Waals surface area contributed by atoms with Crippen LogP contribution in [0.2, 0.25) is 0 Å². The first-order chi connectivity index (χ1) is 9.31. The molecule has 0 aliphatic heterocycles. The van der Waals surface area contributed by atoms with E-state index in [1.807, 2.05) is 16.8 Å². The van der Waals surface area contributed by atoms with E-state index in [0.717, 1.165) is 13.0 Å². The second-order valence-corrected chi connectivity index (χ2v) is 4.09. The number of phenolic OH excluding ortho intramolecular Hbond substituents is 1. The highest BCUT2D eigenvalue weighted by atomic mass is 16.5. The van der Waals surface area contributed by atoms with Crippen LogP contribution in [0.5, 0.6) is 11.5 Å². The molecule has 0 fully saturated rings. The number of para-hydroxylation sites is 1. The number of benzene rings is 1. The molecule has 1 heterocycles. The number of phenols is 1. The minimum atomic E-state index is 0.128. The minimum Gasteiger partial charge on any atom is -0.504 e. The van der Waals surface area contributed by atoms with Crippen molar-refractivity contribution >= 4 is 6.21 Å². The Bertz CT molecular complexity index is 536. The van der Waals surface area contributed by atoms with Gasteiger partial charge in [-0.15, -0.1) is 0 Å². The molecule has 0 radical (unpaired) electrons. The third kappa shape index (κ3) is 3.58. The van der Waals surface area contributed by atoms with Gasteiger partial charge in [-0.25, -0.2) is 4.98 Å². The van der Waals surface area contributed by atoms with Gasteiger partial charge in [-0.3, -0.25) is 4.99 Å². The number of rotatable bonds is 6. The van der Waals surface area contributed by atoms with E-state index in [0.29, 0.717) is 17.9 Å². The molecular weight excluding hydrogens is 242 g/mol. The number of aromatic hydroxyl groups is 1. The van der Waals surface area contributed by atoms with Crippen molar-refractivity contribution in [3.63, 3.8) is 0 Å². The van der Waals surface area contributed by atoms with E-state index < -0.39 is 0 Å². The highest BCUT2D eigenvalue weighted by Crippen LogP contribution is 2.27. The summed E-state index contributed by atoms with van der Waals surface area (Å²) in [6.45, 7) is 1.59. The number of nitrogens with zero attached hydrogens (tertiary/aromatic N) is 3. The zero-order chi connectivity index (χ0) is 13.5. The van der Waals surface area contributed by atoms with Crippen LogP contribution in [0.25, 0.3) is 0 Å². The molecule has 1 N–H and O–H groups in total. The molecule has 1 aromatic carbocycles. The summed E-state index contributed by atoms with van der Waals surface area (Å²) in [6, 6.07) is 5.34. The summed E-state index contributed by atoms with van der Waals surface area (Å²) in [5, 5.41) is 9.87. The summed E-state index contributed by atoms with van der Waals surface area (Å²) in [4.78, 5) is 8.28. The largest absolute Gasteiger partial charge is 0.504 e. The van der Waals surface area contributed by atoms with E-state index in [-0.39, 0.29) is 5.75 Å². The van der Waals surface area contributed by atoms with Crippen molar-refractivity contribution in [3.05, 3.63) is 42.5 Å². The average Bonchev–Trinajstić information content (AvgIpc) is 2.93. The van der Waals surface area contributed by atoms with Gasteiger partial charge >= 0.3 is 0 Å². The third-order valence-corrected chi connectivity index (χ3v) is 2.74. The van der Waals surface area contributed by atoms with Gasteiger partial charge in [0.15, 0.2) is 11.5 Å². The molecule has 0 bridgehead atoms. The molecule has 0 spiro atoms. The Labute approximate surface area is 112 Å². The van der Waals surface area contributed by atoms with Crippen LogP contribution in [0.1, 0.15) is 12.0 Å². The van der Waals surface area contributed by atoms with Crippen molar-refractivity contribution < 1.29 is 9.84 Å². The lowest BCUT2D eigenvalue weighted by molar-refractivity contribution is 0.373. The summed E-state index contributed by atoms with van der Waals surface area (Å²) in [5.74, 6) is 0.589. The Balaban J connectivity index is 1.85. The van der Waals surface area contributed by atoms with Gasteiger partial charge in [-0.2, -0.15) is 0 Å². The monoisotopic (exact) mass is 259 g/mol. The quantitative estimate of drug-likeness (QED) is 0.638. The van der Waals surface area contributed by atoms with E-state index in [1.54, 1.807) is 30.9 Å². The lowest BCUT2D eigenvalue weighted by Gasteiger charge is -2.04. The first-order valence-electron chi connectivity index (χ1n) is 6.13. The molecule has 0 unspecified atom stereocenters. The van der Waals surface area contributed by atoms with Gasteiger partial charge in [0, 0.05) is 37.3 Å². The molecule has 5 nitrogen and oxygen atoms in total. The van der Waals surface area contributed by atoms with E-state index in [1.165, 1.54) is 7.11 Å². The lowest BCUT2D eigenvalue weighted by Crippen LogP contribution is -1.96. The fourth-order valence-corrected chi connectivity index (χ4v) is 1.73. The Kier molecular flexibility index (Phi) is 4.55. The zero-order valence-electron chi connectivity index (χ0n) is 10.9. The molecule has 0 aliphatic rings. The number of ether oxygens (including phenoxy) is 1. The van der Waals surface area contributed by atoms with Gasteiger partial charge in [-0.05, 0) is 18.6 Å². The molecule has 2 rings (SSSR count). The first kappa shape index (κ1) is 13.1. The van der Waals surface area contributed by atoms with Crippen LogP contribution in [0, 0.1) is 0 Å².